The Balaban J connectivity index is 1.66. The Labute approximate surface area is 227 Å². The third-order valence-electron chi connectivity index (χ3n) is 6.43. The molecule has 5 aromatic rings. The summed E-state index contributed by atoms with van der Waals surface area (Å²) in [5.74, 6) is 2.10. The quantitative estimate of drug-likeness (QED) is 0.146. The lowest BCUT2D eigenvalue weighted by Gasteiger charge is -2.20. The minimum absolute atomic E-state index is 0.0286. The van der Waals surface area contributed by atoms with Crippen molar-refractivity contribution in [1.82, 2.24) is 9.66 Å². The van der Waals surface area contributed by atoms with Crippen LogP contribution in [-0.2, 0) is 6.42 Å². The number of hydrogen-bond donors (Lipinski definition) is 0. The molecule has 0 unspecified atom stereocenters. The van der Waals surface area contributed by atoms with Crippen molar-refractivity contribution in [3.05, 3.63) is 101 Å². The van der Waals surface area contributed by atoms with Gasteiger partial charge in [-0.1, -0.05) is 43.3 Å². The molecule has 0 aliphatic rings. The van der Waals surface area contributed by atoms with Crippen molar-refractivity contribution < 1.29 is 13.9 Å². The van der Waals surface area contributed by atoms with E-state index < -0.39 is 0 Å². The van der Waals surface area contributed by atoms with E-state index in [1.807, 2.05) is 80.6 Å². The fourth-order valence-electron chi connectivity index (χ4n) is 4.35. The molecule has 0 saturated carbocycles. The molecule has 0 aliphatic heterocycles. The molecular weight excluding hydrogens is 490 g/mol. The van der Waals surface area contributed by atoms with Crippen LogP contribution < -0.4 is 15.0 Å². The van der Waals surface area contributed by atoms with Crippen LogP contribution in [0, 0.1) is 0 Å². The van der Waals surface area contributed by atoms with E-state index in [1.54, 1.807) is 12.3 Å². The van der Waals surface area contributed by atoms with Crippen molar-refractivity contribution in [3.63, 3.8) is 0 Å². The maximum atomic E-state index is 13.6. The lowest BCUT2D eigenvalue weighted by atomic mass is 10.1. The number of benzene rings is 3. The number of furan rings is 1. The minimum atomic E-state index is -0.291. The molecule has 198 valence electrons. The maximum absolute atomic E-state index is 13.6. The Kier molecular flexibility index (Phi) is 7.59. The van der Waals surface area contributed by atoms with Gasteiger partial charge in [0, 0.05) is 10.9 Å². The second-order valence-electron chi connectivity index (χ2n) is 9.23. The Morgan fingerprint density at radius 3 is 2.67 bits per heavy atom. The van der Waals surface area contributed by atoms with Crippen LogP contribution in [-0.4, -0.2) is 28.6 Å². The number of nitrogens with zero attached hydrogens (tertiary/aromatic N) is 3. The summed E-state index contributed by atoms with van der Waals surface area (Å²) in [7, 11) is 0. The molecule has 1 atom stereocenters. The van der Waals surface area contributed by atoms with Crippen LogP contribution in [0.3, 0.4) is 0 Å². The van der Waals surface area contributed by atoms with Gasteiger partial charge in [-0.05, 0) is 68.7 Å². The van der Waals surface area contributed by atoms with Crippen LogP contribution >= 0.6 is 0 Å². The molecule has 0 spiro atoms. The monoisotopic (exact) mass is 521 g/mol. The zero-order chi connectivity index (χ0) is 27.4. The molecule has 0 radical (unpaired) electrons. The maximum Gasteiger partial charge on any atom is 0.282 e. The van der Waals surface area contributed by atoms with Gasteiger partial charge < -0.3 is 13.9 Å². The molecule has 7 nitrogen and oxygen atoms in total. The van der Waals surface area contributed by atoms with Gasteiger partial charge in [0.2, 0.25) is 5.82 Å². The zero-order valence-electron chi connectivity index (χ0n) is 22.4. The highest BCUT2D eigenvalue weighted by molar-refractivity contribution is 5.85. The summed E-state index contributed by atoms with van der Waals surface area (Å²) < 4.78 is 19.5. The number of hydrogen-bond acceptors (Lipinski definition) is 6. The van der Waals surface area contributed by atoms with E-state index in [-0.39, 0.29) is 11.7 Å². The summed E-state index contributed by atoms with van der Waals surface area (Å²) in [6, 6.07) is 20.6. The second kappa shape index (κ2) is 11.4. The first-order valence-corrected chi connectivity index (χ1v) is 13.1. The molecule has 2 aromatic heterocycles. The number of allylic oxidation sites excluding steroid dienone is 1. The Bertz CT molecular complexity index is 1700. The first kappa shape index (κ1) is 26.0. The summed E-state index contributed by atoms with van der Waals surface area (Å²) >= 11 is 0. The van der Waals surface area contributed by atoms with Crippen molar-refractivity contribution in [2.75, 3.05) is 6.61 Å². The number of aromatic nitrogens is 2. The van der Waals surface area contributed by atoms with Crippen molar-refractivity contribution in [2.24, 2.45) is 5.10 Å². The molecule has 0 saturated heterocycles. The molecule has 0 N–H and O–H groups in total. The van der Waals surface area contributed by atoms with Gasteiger partial charge in [0.1, 0.15) is 5.58 Å². The van der Waals surface area contributed by atoms with E-state index in [0.717, 1.165) is 22.9 Å². The van der Waals surface area contributed by atoms with E-state index >= 15 is 0 Å². The topological polar surface area (TPSA) is 78.9 Å². The SMILES string of the molecule is C=CCc1cc(C=Nn2c(-c3cc4ccccc4o3)nc3ccccc3c2=O)cc(OCC)c1O[C@@H](C)CC. The van der Waals surface area contributed by atoms with E-state index in [4.69, 9.17) is 18.9 Å². The van der Waals surface area contributed by atoms with Crippen LogP contribution in [0.4, 0.5) is 0 Å². The van der Waals surface area contributed by atoms with Crippen LogP contribution in [0.1, 0.15) is 38.3 Å². The molecular formula is C32H31N3O4. The average molecular weight is 522 g/mol. The van der Waals surface area contributed by atoms with Crippen LogP contribution in [0.5, 0.6) is 11.5 Å². The van der Waals surface area contributed by atoms with Gasteiger partial charge in [0.15, 0.2) is 17.3 Å². The summed E-state index contributed by atoms with van der Waals surface area (Å²) in [5.41, 5.74) is 2.67. The number of rotatable bonds is 10. The first-order valence-electron chi connectivity index (χ1n) is 13.1. The molecule has 3 aromatic carbocycles. The highest BCUT2D eigenvalue weighted by Gasteiger charge is 2.18. The minimum Gasteiger partial charge on any atom is -0.490 e. The van der Waals surface area contributed by atoms with Gasteiger partial charge in [-0.25, -0.2) is 4.98 Å². The van der Waals surface area contributed by atoms with Gasteiger partial charge in [0.25, 0.3) is 5.56 Å². The predicted octanol–water partition coefficient (Wildman–Crippen LogP) is 7.00. The summed E-state index contributed by atoms with van der Waals surface area (Å²) in [6.45, 7) is 10.4. The molecule has 39 heavy (non-hydrogen) atoms. The van der Waals surface area contributed by atoms with E-state index in [9.17, 15) is 4.79 Å². The first-order chi connectivity index (χ1) is 19.0. The third-order valence-corrected chi connectivity index (χ3v) is 6.43. The van der Waals surface area contributed by atoms with E-state index in [1.165, 1.54) is 4.68 Å². The number of para-hydroxylation sites is 2. The van der Waals surface area contributed by atoms with Gasteiger partial charge in [0.05, 0.1) is 29.8 Å². The fraction of sp³-hybridized carbons (Fsp3) is 0.219. The van der Waals surface area contributed by atoms with E-state index in [0.29, 0.717) is 52.6 Å². The smallest absolute Gasteiger partial charge is 0.282 e. The largest absolute Gasteiger partial charge is 0.490 e. The van der Waals surface area contributed by atoms with Gasteiger partial charge in [-0.3, -0.25) is 4.79 Å². The van der Waals surface area contributed by atoms with E-state index in [2.05, 4.69) is 18.6 Å². The summed E-state index contributed by atoms with van der Waals surface area (Å²) in [4.78, 5) is 18.4. The molecule has 0 amide bonds. The normalized spacial score (nSPS) is 12.3. The lowest BCUT2D eigenvalue weighted by Crippen LogP contribution is -2.20. The Hall–Kier alpha value is -4.65. The Morgan fingerprint density at radius 1 is 1.10 bits per heavy atom. The lowest BCUT2D eigenvalue weighted by molar-refractivity contribution is 0.201. The molecule has 2 heterocycles. The van der Waals surface area contributed by atoms with Crippen molar-refractivity contribution in [1.29, 1.82) is 0 Å². The van der Waals surface area contributed by atoms with Crippen molar-refractivity contribution in [3.8, 4) is 23.1 Å². The van der Waals surface area contributed by atoms with Gasteiger partial charge in [-0.2, -0.15) is 9.78 Å². The second-order valence-corrected chi connectivity index (χ2v) is 9.23. The van der Waals surface area contributed by atoms with Gasteiger partial charge in [-0.15, -0.1) is 6.58 Å². The highest BCUT2D eigenvalue weighted by atomic mass is 16.5. The van der Waals surface area contributed by atoms with Crippen LogP contribution in [0.25, 0.3) is 33.5 Å². The number of fused-ring (bicyclic) bond motifs is 2. The molecule has 0 bridgehead atoms. The molecule has 0 fully saturated rings. The van der Waals surface area contributed by atoms with Crippen molar-refractivity contribution in [2.45, 2.75) is 39.7 Å². The standard InChI is InChI=1S/C32H31N3O4/c1-5-12-24-17-22(18-28(37-7-3)30(24)38-21(4)6-2)20-33-35-31(29-19-23-13-8-11-16-27(23)39-29)34-26-15-10-9-14-25(26)32(35)36/h5,8-11,13-21H,1,6-7,12H2,2-4H3/t21-/m0/s1. The summed E-state index contributed by atoms with van der Waals surface area (Å²) in [5, 5.41) is 6.00. The predicted molar refractivity (Wildman–Crippen MR) is 156 cm³/mol. The van der Waals surface area contributed by atoms with Crippen molar-refractivity contribution >= 4 is 28.1 Å². The molecule has 7 heteroatoms. The van der Waals surface area contributed by atoms with Crippen LogP contribution in [0.2, 0.25) is 0 Å². The van der Waals surface area contributed by atoms with Gasteiger partial charge >= 0.3 is 0 Å². The highest BCUT2D eigenvalue weighted by Crippen LogP contribution is 2.35. The Morgan fingerprint density at radius 2 is 1.90 bits per heavy atom. The fourth-order valence-corrected chi connectivity index (χ4v) is 4.35. The molecule has 0 aliphatic carbocycles. The summed E-state index contributed by atoms with van der Waals surface area (Å²) in [6.07, 6.45) is 4.94. The number of ether oxygens (including phenoxy) is 2. The third kappa shape index (κ3) is 5.34. The van der Waals surface area contributed by atoms with Crippen LogP contribution in [0.15, 0.2) is 93.7 Å². The zero-order valence-corrected chi connectivity index (χ0v) is 22.4. The molecule has 5 rings (SSSR count). The average Bonchev–Trinajstić information content (AvgIpc) is 3.38.